The Labute approximate surface area is 156 Å². The minimum atomic E-state index is -0.131. The smallest absolute Gasteiger partial charge is 0.223 e. The number of hydrogen-bond donors (Lipinski definition) is 2. The van der Waals surface area contributed by atoms with E-state index in [1.807, 2.05) is 55.5 Å². The molecule has 0 aliphatic heterocycles. The van der Waals surface area contributed by atoms with Crippen molar-refractivity contribution in [2.45, 2.75) is 32.7 Å². The molecule has 0 aliphatic rings. The lowest BCUT2D eigenvalue weighted by molar-refractivity contribution is -0.121. The third-order valence-electron chi connectivity index (χ3n) is 4.05. The number of aryl methyl sites for hydroxylation is 1. The highest BCUT2D eigenvalue weighted by Crippen LogP contribution is 2.27. The van der Waals surface area contributed by atoms with Crippen LogP contribution in [0.4, 0.5) is 5.13 Å². The summed E-state index contributed by atoms with van der Waals surface area (Å²) >= 11 is 1.44. The topological polar surface area (TPSA) is 71.1 Å². The molecule has 2 N–H and O–H groups in total. The molecule has 3 aromatic rings. The molecule has 26 heavy (non-hydrogen) atoms. The molecule has 1 aromatic heterocycles. The molecule has 0 bridgehead atoms. The number of anilines is 1. The zero-order valence-electron chi connectivity index (χ0n) is 14.8. The van der Waals surface area contributed by atoms with E-state index in [9.17, 15) is 9.59 Å². The number of rotatable bonds is 6. The summed E-state index contributed by atoms with van der Waals surface area (Å²) in [7, 11) is 0. The van der Waals surface area contributed by atoms with Gasteiger partial charge in [0.1, 0.15) is 0 Å². The van der Waals surface area contributed by atoms with Gasteiger partial charge >= 0.3 is 0 Å². The van der Waals surface area contributed by atoms with Crippen molar-refractivity contribution in [2.24, 2.45) is 0 Å². The molecule has 0 unspecified atom stereocenters. The van der Waals surface area contributed by atoms with Crippen molar-refractivity contribution >= 4 is 38.5 Å². The van der Waals surface area contributed by atoms with Crippen LogP contribution in [0.2, 0.25) is 0 Å². The molecule has 0 saturated heterocycles. The van der Waals surface area contributed by atoms with Crippen molar-refractivity contribution in [3.05, 3.63) is 59.7 Å². The number of nitrogens with one attached hydrogen (secondary N) is 2. The second kappa shape index (κ2) is 8.10. The second-order valence-corrected chi connectivity index (χ2v) is 7.23. The number of amides is 2. The monoisotopic (exact) mass is 367 g/mol. The molecule has 6 heteroatoms. The van der Waals surface area contributed by atoms with Crippen LogP contribution in [0.1, 0.15) is 37.4 Å². The maximum atomic E-state index is 12.2. The molecule has 1 atom stereocenters. The summed E-state index contributed by atoms with van der Waals surface area (Å²) in [5, 5.41) is 6.33. The quantitative estimate of drug-likeness (QED) is 0.690. The summed E-state index contributed by atoms with van der Waals surface area (Å²) < 4.78 is 1.00. The Balaban J connectivity index is 1.58. The lowest BCUT2D eigenvalue weighted by Gasteiger charge is -2.14. The van der Waals surface area contributed by atoms with Gasteiger partial charge in [-0.15, -0.1) is 0 Å². The van der Waals surface area contributed by atoms with E-state index in [1.165, 1.54) is 18.3 Å². The van der Waals surface area contributed by atoms with Crippen LogP contribution >= 0.6 is 11.3 Å². The lowest BCUT2D eigenvalue weighted by Crippen LogP contribution is -2.26. The third kappa shape index (κ3) is 4.67. The van der Waals surface area contributed by atoms with E-state index in [-0.39, 0.29) is 17.9 Å². The van der Waals surface area contributed by atoms with Crippen molar-refractivity contribution in [3.63, 3.8) is 0 Å². The first-order chi connectivity index (χ1) is 12.5. The highest BCUT2D eigenvalue weighted by molar-refractivity contribution is 7.22. The van der Waals surface area contributed by atoms with Gasteiger partial charge in [0.15, 0.2) is 5.13 Å². The summed E-state index contributed by atoms with van der Waals surface area (Å²) in [5.74, 6) is -0.0989. The Morgan fingerprint density at radius 2 is 1.92 bits per heavy atom. The predicted molar refractivity (Wildman–Crippen MR) is 105 cm³/mol. The number of fused-ring (bicyclic) bond motifs is 1. The van der Waals surface area contributed by atoms with Gasteiger partial charge in [-0.3, -0.25) is 9.59 Å². The number of thiazole rings is 1. The predicted octanol–water partition coefficient (Wildman–Crippen LogP) is 4.06. The standard InChI is InChI=1S/C20H21N3O2S/c1-13(16-6-4-3-5-7-16)21-19(25)11-9-15-8-10-17-18(12-15)26-20(23-17)22-14(2)24/h3-8,10,12-13H,9,11H2,1-2H3,(H,21,25)(H,22,23,24)/t13-/m0/s1. The number of benzene rings is 2. The molecule has 0 spiro atoms. The molecule has 0 saturated carbocycles. The normalized spacial score (nSPS) is 11.9. The molecular formula is C20H21N3O2S. The number of nitrogens with zero attached hydrogens (tertiary/aromatic N) is 1. The maximum absolute atomic E-state index is 12.2. The van der Waals surface area contributed by atoms with Crippen LogP contribution in [0.5, 0.6) is 0 Å². The first-order valence-corrected chi connectivity index (χ1v) is 9.34. The molecule has 5 nitrogen and oxygen atoms in total. The molecule has 0 aliphatic carbocycles. The number of carbonyl (C=O) groups is 2. The molecule has 0 radical (unpaired) electrons. The fraction of sp³-hybridized carbons (Fsp3) is 0.250. The van der Waals surface area contributed by atoms with Crippen molar-refractivity contribution < 1.29 is 9.59 Å². The van der Waals surface area contributed by atoms with E-state index < -0.39 is 0 Å². The van der Waals surface area contributed by atoms with E-state index in [0.717, 1.165) is 21.3 Å². The molecule has 134 valence electrons. The summed E-state index contributed by atoms with van der Waals surface area (Å²) in [4.78, 5) is 27.7. The molecular weight excluding hydrogens is 346 g/mol. The number of hydrogen-bond acceptors (Lipinski definition) is 4. The van der Waals surface area contributed by atoms with Crippen LogP contribution in [-0.4, -0.2) is 16.8 Å². The summed E-state index contributed by atoms with van der Waals surface area (Å²) in [5.41, 5.74) is 3.03. The number of aromatic nitrogens is 1. The van der Waals surface area contributed by atoms with Crippen molar-refractivity contribution in [2.75, 3.05) is 5.32 Å². The maximum Gasteiger partial charge on any atom is 0.223 e. The van der Waals surface area contributed by atoms with Crippen molar-refractivity contribution in [3.8, 4) is 0 Å². The van der Waals surface area contributed by atoms with Gasteiger partial charge < -0.3 is 10.6 Å². The van der Waals surface area contributed by atoms with Crippen LogP contribution in [0.25, 0.3) is 10.2 Å². The van der Waals surface area contributed by atoms with Crippen LogP contribution < -0.4 is 10.6 Å². The van der Waals surface area contributed by atoms with Crippen molar-refractivity contribution in [1.29, 1.82) is 0 Å². The van der Waals surface area contributed by atoms with Crippen molar-refractivity contribution in [1.82, 2.24) is 10.3 Å². The molecule has 2 amide bonds. The minimum absolute atomic E-state index is 0.00658. The summed E-state index contributed by atoms with van der Waals surface area (Å²) in [6, 6.07) is 15.9. The first kappa shape index (κ1) is 18.1. The van der Waals surface area contributed by atoms with Gasteiger partial charge in [0, 0.05) is 13.3 Å². The Morgan fingerprint density at radius 1 is 1.15 bits per heavy atom. The zero-order chi connectivity index (χ0) is 18.5. The minimum Gasteiger partial charge on any atom is -0.350 e. The van der Waals surface area contributed by atoms with Crippen LogP contribution in [0, 0.1) is 0 Å². The molecule has 1 heterocycles. The lowest BCUT2D eigenvalue weighted by atomic mass is 10.1. The third-order valence-corrected chi connectivity index (χ3v) is 4.99. The molecule has 0 fully saturated rings. The Hall–Kier alpha value is -2.73. The van der Waals surface area contributed by atoms with Gasteiger partial charge in [-0.05, 0) is 36.6 Å². The van der Waals surface area contributed by atoms with Crippen LogP contribution in [0.3, 0.4) is 0 Å². The van der Waals surface area contributed by atoms with E-state index in [1.54, 1.807) is 0 Å². The van der Waals surface area contributed by atoms with Gasteiger partial charge in [0.2, 0.25) is 11.8 Å². The second-order valence-electron chi connectivity index (χ2n) is 6.20. The molecule has 3 rings (SSSR count). The SMILES string of the molecule is CC(=O)Nc1nc2ccc(CCC(=O)N[C@@H](C)c3ccccc3)cc2s1. The zero-order valence-corrected chi connectivity index (χ0v) is 15.6. The van der Waals surface area contributed by atoms with Crippen LogP contribution in [0.15, 0.2) is 48.5 Å². The summed E-state index contributed by atoms with van der Waals surface area (Å²) in [6.45, 7) is 3.45. The van der Waals surface area contributed by atoms with E-state index >= 15 is 0 Å². The Bertz CT molecular complexity index is 921. The average molecular weight is 367 g/mol. The van der Waals surface area contributed by atoms with Gasteiger partial charge in [0.05, 0.1) is 16.3 Å². The highest BCUT2D eigenvalue weighted by Gasteiger charge is 2.10. The Morgan fingerprint density at radius 3 is 2.65 bits per heavy atom. The summed E-state index contributed by atoms with van der Waals surface area (Å²) in [6.07, 6.45) is 1.09. The van der Waals surface area contributed by atoms with Crippen LogP contribution in [-0.2, 0) is 16.0 Å². The largest absolute Gasteiger partial charge is 0.350 e. The fourth-order valence-corrected chi connectivity index (χ4v) is 3.70. The van der Waals surface area contributed by atoms with E-state index in [2.05, 4.69) is 15.6 Å². The van der Waals surface area contributed by atoms with Gasteiger partial charge in [0.25, 0.3) is 0 Å². The number of carbonyl (C=O) groups excluding carboxylic acids is 2. The first-order valence-electron chi connectivity index (χ1n) is 8.52. The van der Waals surface area contributed by atoms with Gasteiger partial charge in [-0.2, -0.15) is 0 Å². The average Bonchev–Trinajstić information content (AvgIpc) is 3.01. The highest BCUT2D eigenvalue weighted by atomic mass is 32.1. The fourth-order valence-electron chi connectivity index (χ4n) is 2.73. The Kier molecular flexibility index (Phi) is 5.63. The van der Waals surface area contributed by atoms with E-state index in [4.69, 9.17) is 0 Å². The van der Waals surface area contributed by atoms with E-state index in [0.29, 0.717) is 18.0 Å². The van der Waals surface area contributed by atoms with Gasteiger partial charge in [-0.1, -0.05) is 47.7 Å². The molecule has 2 aromatic carbocycles. The van der Waals surface area contributed by atoms with Gasteiger partial charge in [-0.25, -0.2) is 4.98 Å².